The Kier molecular flexibility index (Phi) is 5.77. The molecule has 0 atom stereocenters. The third-order valence-electron chi connectivity index (χ3n) is 4.13. The van der Waals surface area contributed by atoms with Gasteiger partial charge in [-0.05, 0) is 54.4 Å². The maximum Gasteiger partial charge on any atom is 0.283 e. The van der Waals surface area contributed by atoms with Crippen molar-refractivity contribution in [2.24, 2.45) is 12.0 Å². The van der Waals surface area contributed by atoms with Gasteiger partial charge in [0.15, 0.2) is 4.80 Å². The van der Waals surface area contributed by atoms with Gasteiger partial charge < -0.3 is 9.30 Å². The van der Waals surface area contributed by atoms with Gasteiger partial charge in [-0.1, -0.05) is 18.5 Å². The molecule has 4 nitrogen and oxygen atoms in total. The Bertz CT molecular complexity index is 1050. The van der Waals surface area contributed by atoms with Gasteiger partial charge in [0.05, 0.1) is 18.4 Å². The number of thiazole rings is 1. The second-order valence-corrected chi connectivity index (χ2v) is 7.34. The molecule has 0 radical (unpaired) electrons. The summed E-state index contributed by atoms with van der Waals surface area (Å²) in [5.74, 6) is -0.302. The van der Waals surface area contributed by atoms with Crippen molar-refractivity contribution >= 4 is 28.8 Å². The van der Waals surface area contributed by atoms with E-state index in [1.165, 1.54) is 30.6 Å². The van der Waals surface area contributed by atoms with Crippen LogP contribution in [0.15, 0.2) is 47.5 Å². The Hall–Kier alpha value is -2.44. The number of halogens is 2. The van der Waals surface area contributed by atoms with Crippen LogP contribution in [0.25, 0.3) is 11.3 Å². The fourth-order valence-corrected chi connectivity index (χ4v) is 4.05. The minimum atomic E-state index is -0.431. The number of ether oxygens (including phenoxy) is 1. The molecule has 0 N–H and O–H groups in total. The van der Waals surface area contributed by atoms with Gasteiger partial charge in [0.25, 0.3) is 5.91 Å². The number of amides is 1. The molecule has 0 fully saturated rings. The monoisotopic (exact) mass is 404 g/mol. The van der Waals surface area contributed by atoms with Gasteiger partial charge in [-0.15, -0.1) is 11.3 Å². The molecular weight excluding hydrogens is 387 g/mol. The normalized spacial score (nSPS) is 11.7. The van der Waals surface area contributed by atoms with Crippen LogP contribution in [0.4, 0.5) is 4.39 Å². The molecule has 0 bridgehead atoms. The number of hydrogen-bond acceptors (Lipinski definition) is 3. The van der Waals surface area contributed by atoms with Gasteiger partial charge in [0, 0.05) is 16.9 Å². The quantitative estimate of drug-likeness (QED) is 0.623. The standard InChI is InChI=1S/C20H18ClFN2O2S/c1-4-17-18(12-5-8-14(22)9-6-12)24(2)20(27-17)23-19(25)15-11-13(21)7-10-16(15)26-3/h5-11H,4H2,1-3H3. The highest BCUT2D eigenvalue weighted by Crippen LogP contribution is 2.27. The zero-order valence-electron chi connectivity index (χ0n) is 15.1. The van der Waals surface area contributed by atoms with E-state index in [9.17, 15) is 9.18 Å². The van der Waals surface area contributed by atoms with E-state index in [1.807, 2.05) is 18.5 Å². The summed E-state index contributed by atoms with van der Waals surface area (Å²) >= 11 is 7.45. The fourth-order valence-electron chi connectivity index (χ4n) is 2.80. The Morgan fingerprint density at radius 2 is 1.96 bits per heavy atom. The van der Waals surface area contributed by atoms with Crippen LogP contribution in [-0.4, -0.2) is 17.6 Å². The molecule has 2 aromatic carbocycles. The van der Waals surface area contributed by atoms with E-state index in [0.29, 0.717) is 21.1 Å². The molecular formula is C20H18ClFN2O2S. The molecule has 0 saturated heterocycles. The molecule has 1 heterocycles. The average molecular weight is 405 g/mol. The molecule has 0 aliphatic carbocycles. The van der Waals surface area contributed by atoms with Crippen LogP contribution in [0.1, 0.15) is 22.2 Å². The van der Waals surface area contributed by atoms with Gasteiger partial charge in [0.2, 0.25) is 0 Å². The van der Waals surface area contributed by atoms with Gasteiger partial charge in [-0.3, -0.25) is 4.79 Å². The second-order valence-electron chi connectivity index (χ2n) is 5.84. The number of methoxy groups -OCH3 is 1. The lowest BCUT2D eigenvalue weighted by molar-refractivity contribution is 0.0995. The van der Waals surface area contributed by atoms with Gasteiger partial charge in [-0.2, -0.15) is 4.99 Å². The van der Waals surface area contributed by atoms with E-state index in [0.717, 1.165) is 22.6 Å². The first-order chi connectivity index (χ1) is 12.9. The summed E-state index contributed by atoms with van der Waals surface area (Å²) in [4.78, 5) is 18.6. The van der Waals surface area contributed by atoms with Crippen LogP contribution in [0.5, 0.6) is 5.75 Å². The molecule has 3 rings (SSSR count). The molecule has 140 valence electrons. The highest BCUT2D eigenvalue weighted by Gasteiger charge is 2.16. The Balaban J connectivity index is 2.11. The molecule has 27 heavy (non-hydrogen) atoms. The number of nitrogens with zero attached hydrogens (tertiary/aromatic N) is 2. The summed E-state index contributed by atoms with van der Waals surface area (Å²) in [5.41, 5.74) is 2.10. The predicted molar refractivity (Wildman–Crippen MR) is 106 cm³/mol. The number of benzene rings is 2. The van der Waals surface area contributed by atoms with E-state index >= 15 is 0 Å². The van der Waals surface area contributed by atoms with E-state index in [-0.39, 0.29) is 5.82 Å². The van der Waals surface area contributed by atoms with Crippen molar-refractivity contribution in [3.05, 3.63) is 68.5 Å². The molecule has 0 saturated carbocycles. The SMILES string of the molecule is CCc1sc(=NC(=O)c2cc(Cl)ccc2OC)n(C)c1-c1ccc(F)cc1. The first-order valence-electron chi connectivity index (χ1n) is 8.31. The van der Waals surface area contributed by atoms with E-state index < -0.39 is 5.91 Å². The van der Waals surface area contributed by atoms with E-state index in [4.69, 9.17) is 16.3 Å². The maximum absolute atomic E-state index is 13.3. The fraction of sp³-hybridized carbons (Fsp3) is 0.200. The molecule has 7 heteroatoms. The minimum Gasteiger partial charge on any atom is -0.496 e. The van der Waals surface area contributed by atoms with Crippen molar-refractivity contribution < 1.29 is 13.9 Å². The highest BCUT2D eigenvalue weighted by atomic mass is 35.5. The minimum absolute atomic E-state index is 0.289. The van der Waals surface area contributed by atoms with Crippen molar-refractivity contribution in [3.8, 4) is 17.0 Å². The van der Waals surface area contributed by atoms with Crippen molar-refractivity contribution in [3.63, 3.8) is 0 Å². The molecule has 0 aliphatic heterocycles. The lowest BCUT2D eigenvalue weighted by Gasteiger charge is -2.06. The summed E-state index contributed by atoms with van der Waals surface area (Å²) in [6.07, 6.45) is 0.773. The van der Waals surface area contributed by atoms with Gasteiger partial charge >= 0.3 is 0 Å². The summed E-state index contributed by atoms with van der Waals surface area (Å²) in [6, 6.07) is 11.1. The topological polar surface area (TPSA) is 43.6 Å². The van der Waals surface area contributed by atoms with Crippen molar-refractivity contribution in [1.29, 1.82) is 0 Å². The molecule has 0 unspecified atom stereocenters. The van der Waals surface area contributed by atoms with Crippen molar-refractivity contribution in [2.45, 2.75) is 13.3 Å². The molecule has 1 amide bonds. The van der Waals surface area contributed by atoms with Gasteiger partial charge in [-0.25, -0.2) is 4.39 Å². The number of aryl methyl sites for hydroxylation is 1. The second kappa shape index (κ2) is 8.06. The Morgan fingerprint density at radius 3 is 2.59 bits per heavy atom. The molecule has 1 aromatic heterocycles. The first kappa shape index (κ1) is 19.3. The number of carbonyl (C=O) groups excluding carboxylic acids is 1. The Morgan fingerprint density at radius 1 is 1.26 bits per heavy atom. The smallest absolute Gasteiger partial charge is 0.283 e. The van der Waals surface area contributed by atoms with Crippen molar-refractivity contribution in [2.75, 3.05) is 7.11 Å². The van der Waals surface area contributed by atoms with Crippen LogP contribution in [-0.2, 0) is 13.5 Å². The Labute approximate surface area is 165 Å². The number of rotatable bonds is 4. The zero-order chi connectivity index (χ0) is 19.6. The van der Waals surface area contributed by atoms with Crippen LogP contribution in [0.2, 0.25) is 5.02 Å². The molecule has 0 spiro atoms. The lowest BCUT2D eigenvalue weighted by atomic mass is 10.1. The molecule has 3 aromatic rings. The molecule has 0 aliphatic rings. The maximum atomic E-state index is 13.3. The third kappa shape index (κ3) is 3.96. The lowest BCUT2D eigenvalue weighted by Crippen LogP contribution is -2.14. The summed E-state index contributed by atoms with van der Waals surface area (Å²) in [7, 11) is 3.34. The number of aromatic nitrogens is 1. The van der Waals surface area contributed by atoms with Crippen LogP contribution < -0.4 is 9.54 Å². The predicted octanol–water partition coefficient (Wildman–Crippen LogP) is 4.86. The number of carbonyl (C=O) groups is 1. The van der Waals surface area contributed by atoms with Crippen LogP contribution >= 0.6 is 22.9 Å². The summed E-state index contributed by atoms with van der Waals surface area (Å²) < 4.78 is 20.4. The number of hydrogen-bond donors (Lipinski definition) is 0. The summed E-state index contributed by atoms with van der Waals surface area (Å²) in [5, 5.41) is 0.436. The van der Waals surface area contributed by atoms with Crippen LogP contribution in [0.3, 0.4) is 0 Å². The first-order valence-corrected chi connectivity index (χ1v) is 9.51. The van der Waals surface area contributed by atoms with E-state index in [2.05, 4.69) is 4.99 Å². The van der Waals surface area contributed by atoms with E-state index in [1.54, 1.807) is 30.3 Å². The highest BCUT2D eigenvalue weighted by molar-refractivity contribution is 7.09. The van der Waals surface area contributed by atoms with Gasteiger partial charge in [0.1, 0.15) is 11.6 Å². The average Bonchev–Trinajstić information content (AvgIpc) is 2.98. The largest absolute Gasteiger partial charge is 0.496 e. The van der Waals surface area contributed by atoms with Crippen LogP contribution in [0, 0.1) is 5.82 Å². The summed E-state index contributed by atoms with van der Waals surface area (Å²) in [6.45, 7) is 2.03. The third-order valence-corrected chi connectivity index (χ3v) is 5.64. The van der Waals surface area contributed by atoms with Crippen molar-refractivity contribution in [1.82, 2.24) is 4.57 Å². The zero-order valence-corrected chi connectivity index (χ0v) is 16.7.